The maximum absolute atomic E-state index is 13.5. The number of fused-ring (bicyclic) bond motifs is 1. The largest absolute Gasteiger partial charge is 0.541 e. The molecule has 3 N–H and O–H groups in total. The molecule has 2 amide bonds. The molecule has 2 fully saturated rings. The molecule has 3 heterocycles. The molecule has 2 aliphatic heterocycles. The van der Waals surface area contributed by atoms with E-state index in [0.717, 1.165) is 29.6 Å². The maximum Gasteiger partial charge on any atom is 0.541 e. The second kappa shape index (κ2) is 9.39. The van der Waals surface area contributed by atoms with Gasteiger partial charge >= 0.3 is 6.03 Å². The number of benzene rings is 1. The van der Waals surface area contributed by atoms with E-state index in [9.17, 15) is 14.5 Å². The molecular formula is C26H33N6O3+. The highest BCUT2D eigenvalue weighted by Gasteiger charge is 2.38. The highest BCUT2D eigenvalue weighted by atomic mass is 16.3. The minimum Gasteiger partial charge on any atom is -0.362 e. The Balaban J connectivity index is 1.31. The normalized spacial score (nSPS) is 23.7. The molecule has 184 valence electrons. The third-order valence-electron chi connectivity index (χ3n) is 7.51. The lowest BCUT2D eigenvalue weighted by Crippen LogP contribution is -2.65. The summed E-state index contributed by atoms with van der Waals surface area (Å²) in [7, 11) is 1.18. The zero-order valence-corrected chi connectivity index (χ0v) is 20.2. The Kier molecular flexibility index (Phi) is 6.29. The van der Waals surface area contributed by atoms with Crippen LogP contribution < -0.4 is 11.1 Å². The van der Waals surface area contributed by atoms with E-state index < -0.39 is 11.7 Å². The molecule has 1 saturated heterocycles. The molecule has 1 aromatic heterocycles. The van der Waals surface area contributed by atoms with Crippen LogP contribution in [-0.2, 0) is 4.79 Å². The number of hydrogen-bond acceptors (Lipinski definition) is 6. The van der Waals surface area contributed by atoms with Crippen LogP contribution in [-0.4, -0.2) is 76.0 Å². The molecule has 35 heavy (non-hydrogen) atoms. The van der Waals surface area contributed by atoms with Gasteiger partial charge < -0.3 is 10.2 Å². The number of dihydropyridines is 1. The van der Waals surface area contributed by atoms with Gasteiger partial charge in [-0.25, -0.2) is 0 Å². The quantitative estimate of drug-likeness (QED) is 0.659. The number of carbonyl (C=O) groups excluding carboxylic acids is 2. The van der Waals surface area contributed by atoms with Crippen molar-refractivity contribution in [1.82, 2.24) is 19.7 Å². The molecule has 9 heteroatoms. The Morgan fingerprint density at radius 3 is 2.54 bits per heavy atom. The smallest absolute Gasteiger partial charge is 0.362 e. The molecule has 5 rings (SSSR count). The summed E-state index contributed by atoms with van der Waals surface area (Å²) in [4.78, 5) is 41.4. The first-order valence-electron chi connectivity index (χ1n) is 12.4. The van der Waals surface area contributed by atoms with Crippen LogP contribution in [0.3, 0.4) is 0 Å². The number of piperazine rings is 1. The summed E-state index contributed by atoms with van der Waals surface area (Å²) in [5.41, 5.74) is 7.62. The van der Waals surface area contributed by atoms with Crippen LogP contribution in [0.1, 0.15) is 37.7 Å². The lowest BCUT2D eigenvalue weighted by Gasteiger charge is -2.43. The van der Waals surface area contributed by atoms with Crippen molar-refractivity contribution in [3.05, 3.63) is 59.3 Å². The summed E-state index contributed by atoms with van der Waals surface area (Å²) in [6.07, 6.45) is 13.5. The van der Waals surface area contributed by atoms with Crippen molar-refractivity contribution >= 4 is 28.4 Å². The highest BCUT2D eigenvalue weighted by Crippen LogP contribution is 2.28. The van der Waals surface area contributed by atoms with Gasteiger partial charge in [-0.05, 0) is 60.5 Å². The second-order valence-corrected chi connectivity index (χ2v) is 9.81. The number of nitrogens with two attached hydrogens (primary N) is 1. The van der Waals surface area contributed by atoms with Gasteiger partial charge in [0.2, 0.25) is 0 Å². The van der Waals surface area contributed by atoms with E-state index in [1.165, 1.54) is 43.7 Å². The molecule has 1 aromatic carbocycles. The van der Waals surface area contributed by atoms with Crippen molar-refractivity contribution in [2.75, 3.05) is 33.2 Å². The Morgan fingerprint density at radius 1 is 1.09 bits per heavy atom. The average molecular weight is 478 g/mol. The zero-order chi connectivity index (χ0) is 24.6. The van der Waals surface area contributed by atoms with E-state index >= 15 is 0 Å². The van der Waals surface area contributed by atoms with E-state index in [1.807, 2.05) is 23.1 Å². The SMILES string of the molecule is C[N+](=O)C(=O)n1ccc2cc(C3=CC(N)(C(=O)N4CCN(C5CCCCC5)CC4)NC=C3)ccc21. The average Bonchev–Trinajstić information content (AvgIpc) is 3.31. The van der Waals surface area contributed by atoms with Gasteiger partial charge in [-0.15, -0.1) is 0 Å². The predicted octanol–water partition coefficient (Wildman–Crippen LogP) is 2.65. The molecule has 1 atom stereocenters. The molecule has 0 spiro atoms. The lowest BCUT2D eigenvalue weighted by atomic mass is 9.93. The summed E-state index contributed by atoms with van der Waals surface area (Å²) in [6.45, 7) is 3.16. The number of allylic oxidation sites excluding steroid dienone is 2. The number of carbonyl (C=O) groups is 2. The number of amides is 2. The first kappa shape index (κ1) is 23.4. The van der Waals surface area contributed by atoms with Gasteiger partial charge in [0.1, 0.15) is 18.8 Å². The second-order valence-electron chi connectivity index (χ2n) is 9.81. The summed E-state index contributed by atoms with van der Waals surface area (Å²) in [5.74, 6) is -0.126. The van der Waals surface area contributed by atoms with Crippen molar-refractivity contribution in [3.8, 4) is 0 Å². The Labute approximate surface area is 204 Å². The van der Waals surface area contributed by atoms with Crippen LogP contribution in [0.15, 0.2) is 48.8 Å². The predicted molar refractivity (Wildman–Crippen MR) is 134 cm³/mol. The van der Waals surface area contributed by atoms with Gasteiger partial charge in [0, 0.05) is 42.4 Å². The van der Waals surface area contributed by atoms with Crippen molar-refractivity contribution in [1.29, 1.82) is 0 Å². The van der Waals surface area contributed by atoms with Crippen LogP contribution >= 0.6 is 0 Å². The van der Waals surface area contributed by atoms with E-state index in [4.69, 9.17) is 5.73 Å². The van der Waals surface area contributed by atoms with Crippen LogP contribution in [0.5, 0.6) is 0 Å². The molecule has 0 radical (unpaired) electrons. The molecular weight excluding hydrogens is 444 g/mol. The topological polar surface area (TPSA) is 104 Å². The third-order valence-corrected chi connectivity index (χ3v) is 7.51. The monoisotopic (exact) mass is 477 g/mol. The number of nitroso groups, excluding NO2 is 1. The fourth-order valence-corrected chi connectivity index (χ4v) is 5.55. The number of nitrogens with one attached hydrogen (secondary N) is 1. The van der Waals surface area contributed by atoms with Crippen molar-refractivity contribution in [3.63, 3.8) is 0 Å². The minimum absolute atomic E-state index is 0.126. The van der Waals surface area contributed by atoms with E-state index in [-0.39, 0.29) is 5.91 Å². The number of hydrogen-bond donors (Lipinski definition) is 2. The standard InChI is InChI=1S/C26H33N6O3/c1-29(35)25(34)32-12-10-20-17-19(7-8-23(20)32)21-9-11-28-26(27,18-21)24(33)31-15-13-30(14-16-31)22-5-3-2-4-6-22/h7-12,17-18,22,28H,2-6,13-16,27H2,1H3/q+1. The van der Waals surface area contributed by atoms with Crippen molar-refractivity contribution < 1.29 is 14.3 Å². The third kappa shape index (κ3) is 4.53. The van der Waals surface area contributed by atoms with Gasteiger partial charge in [0.05, 0.1) is 0 Å². The van der Waals surface area contributed by atoms with E-state index in [2.05, 4.69) is 10.2 Å². The number of nitrogens with zero attached hydrogens (tertiary/aromatic N) is 4. The Morgan fingerprint density at radius 2 is 1.83 bits per heavy atom. The fraction of sp³-hybridized carbons (Fsp3) is 0.462. The first-order chi connectivity index (χ1) is 16.9. The number of aromatic nitrogens is 1. The highest BCUT2D eigenvalue weighted by molar-refractivity contribution is 5.95. The van der Waals surface area contributed by atoms with Crippen molar-refractivity contribution in [2.45, 2.75) is 43.8 Å². The molecule has 9 nitrogen and oxygen atoms in total. The summed E-state index contributed by atoms with van der Waals surface area (Å²) < 4.78 is 1.62. The zero-order valence-electron chi connectivity index (χ0n) is 20.2. The summed E-state index contributed by atoms with van der Waals surface area (Å²) >= 11 is 0. The van der Waals surface area contributed by atoms with E-state index in [1.54, 1.807) is 30.6 Å². The molecule has 2 aromatic rings. The lowest BCUT2D eigenvalue weighted by molar-refractivity contribution is -0.416. The molecule has 1 unspecified atom stereocenters. The van der Waals surface area contributed by atoms with Gasteiger partial charge in [-0.1, -0.05) is 30.2 Å². The number of rotatable bonds is 3. The van der Waals surface area contributed by atoms with Crippen LogP contribution in [0.25, 0.3) is 16.5 Å². The molecule has 1 saturated carbocycles. The summed E-state index contributed by atoms with van der Waals surface area (Å²) in [5, 5.41) is 3.88. The molecule has 0 bridgehead atoms. The van der Waals surface area contributed by atoms with Gasteiger partial charge in [0.15, 0.2) is 5.66 Å². The van der Waals surface area contributed by atoms with Crippen molar-refractivity contribution in [2.24, 2.45) is 5.73 Å². The Bertz CT molecular complexity index is 1220. The first-order valence-corrected chi connectivity index (χ1v) is 12.4. The van der Waals surface area contributed by atoms with Crippen LogP contribution in [0.2, 0.25) is 0 Å². The van der Waals surface area contributed by atoms with Gasteiger partial charge in [-0.2, -0.15) is 9.36 Å². The molecule has 3 aliphatic rings. The van der Waals surface area contributed by atoms with Gasteiger partial charge in [0.25, 0.3) is 5.91 Å². The fourth-order valence-electron chi connectivity index (χ4n) is 5.55. The van der Waals surface area contributed by atoms with Crippen LogP contribution in [0, 0.1) is 4.91 Å². The molecule has 1 aliphatic carbocycles. The maximum atomic E-state index is 13.5. The summed E-state index contributed by atoms with van der Waals surface area (Å²) in [6, 6.07) is 7.39. The van der Waals surface area contributed by atoms with E-state index in [0.29, 0.717) is 29.4 Å². The minimum atomic E-state index is -1.32. The van der Waals surface area contributed by atoms with Crippen LogP contribution in [0.4, 0.5) is 4.79 Å². The Hall–Kier alpha value is -3.30. The van der Waals surface area contributed by atoms with Gasteiger partial charge in [-0.3, -0.25) is 15.4 Å².